The molecule has 0 saturated heterocycles. The molecule has 266 valence electrons. The zero-order valence-corrected chi connectivity index (χ0v) is 31.3. The number of nitrogens with zero attached hydrogens (tertiary/aromatic N) is 2. The molecule has 12 heteroatoms. The number of methoxy groups -OCH3 is 2. The van der Waals surface area contributed by atoms with E-state index in [1.165, 1.54) is 23.0 Å². The first-order valence-electron chi connectivity index (χ1n) is 16.4. The molecular weight excluding hydrogens is 748 g/mol. The van der Waals surface area contributed by atoms with Gasteiger partial charge in [-0.2, -0.15) is 0 Å². The molecule has 0 unspecified atom stereocenters. The number of aromatic nitrogens is 1. The Morgan fingerprint density at radius 1 is 0.846 bits per heavy atom. The summed E-state index contributed by atoms with van der Waals surface area (Å²) < 4.78 is 30.4. The number of rotatable bonds is 12. The first-order chi connectivity index (χ1) is 25.3. The summed E-state index contributed by atoms with van der Waals surface area (Å²) in [6.07, 6.45) is 1.79. The van der Waals surface area contributed by atoms with Crippen LogP contribution in [-0.2, 0) is 20.9 Å². The van der Waals surface area contributed by atoms with Crippen molar-refractivity contribution < 1.29 is 33.3 Å². The van der Waals surface area contributed by atoms with Gasteiger partial charge in [-0.15, -0.1) is 0 Å². The lowest BCUT2D eigenvalue weighted by molar-refractivity contribution is -0.138. The van der Waals surface area contributed by atoms with Crippen molar-refractivity contribution in [2.45, 2.75) is 26.5 Å². The fraction of sp³-hybridized carbons (Fsp3) is 0.200. The molecule has 0 aliphatic carbocycles. The quantitative estimate of drug-likeness (QED) is 0.132. The van der Waals surface area contributed by atoms with E-state index in [0.29, 0.717) is 60.0 Å². The Kier molecular flexibility index (Phi) is 11.4. The van der Waals surface area contributed by atoms with E-state index in [2.05, 4.69) is 15.9 Å². The molecule has 5 aromatic rings. The van der Waals surface area contributed by atoms with E-state index < -0.39 is 12.0 Å². The van der Waals surface area contributed by atoms with Crippen LogP contribution in [0.4, 0.5) is 0 Å². The van der Waals surface area contributed by atoms with Crippen molar-refractivity contribution in [3.63, 3.8) is 0 Å². The third-order valence-corrected chi connectivity index (χ3v) is 9.81. The highest BCUT2D eigenvalue weighted by molar-refractivity contribution is 9.10. The largest absolute Gasteiger partial charge is 0.493 e. The minimum absolute atomic E-state index is 0.143. The number of halogens is 1. The SMILES string of the molecule is CCOC(=O)C1=C(c2ccccc2)N=c2s/c(=C\c3ccc(OCc4ccc(C(=O)OCC)cc4)c(Br)c3)c(=O)n2[C@@H]1c1ccc(OC)c(OC)c1. The molecule has 4 aromatic carbocycles. The number of benzene rings is 4. The summed E-state index contributed by atoms with van der Waals surface area (Å²) in [5.41, 5.74) is 3.78. The fourth-order valence-electron chi connectivity index (χ4n) is 5.77. The number of ether oxygens (including phenoxy) is 5. The van der Waals surface area contributed by atoms with Crippen LogP contribution in [0.2, 0.25) is 0 Å². The number of esters is 2. The van der Waals surface area contributed by atoms with Crippen LogP contribution < -0.4 is 29.1 Å². The molecule has 52 heavy (non-hydrogen) atoms. The number of hydrogen-bond acceptors (Lipinski definition) is 10. The molecule has 1 aliphatic rings. The lowest BCUT2D eigenvalue weighted by Crippen LogP contribution is -2.40. The van der Waals surface area contributed by atoms with Crippen LogP contribution in [0, 0.1) is 0 Å². The Balaban J connectivity index is 1.40. The minimum atomic E-state index is -0.874. The van der Waals surface area contributed by atoms with Gasteiger partial charge in [-0.3, -0.25) is 9.36 Å². The van der Waals surface area contributed by atoms with E-state index in [1.807, 2.05) is 60.7 Å². The minimum Gasteiger partial charge on any atom is -0.493 e. The van der Waals surface area contributed by atoms with E-state index in [0.717, 1.165) is 11.1 Å². The van der Waals surface area contributed by atoms with Crippen molar-refractivity contribution in [2.75, 3.05) is 27.4 Å². The highest BCUT2D eigenvalue weighted by Crippen LogP contribution is 2.38. The first kappa shape index (κ1) is 36.3. The normalized spacial score (nSPS) is 13.9. The maximum Gasteiger partial charge on any atom is 0.338 e. The molecule has 0 fully saturated rings. The fourth-order valence-corrected chi connectivity index (χ4v) is 7.28. The van der Waals surface area contributed by atoms with Crippen molar-refractivity contribution in [3.05, 3.63) is 149 Å². The van der Waals surface area contributed by atoms with Crippen LogP contribution in [-0.4, -0.2) is 43.9 Å². The molecule has 0 amide bonds. The topological polar surface area (TPSA) is 115 Å². The Bertz CT molecular complexity index is 2330. The van der Waals surface area contributed by atoms with Gasteiger partial charge in [-0.25, -0.2) is 14.6 Å². The summed E-state index contributed by atoms with van der Waals surface area (Å²) in [4.78, 5) is 45.4. The van der Waals surface area contributed by atoms with Gasteiger partial charge < -0.3 is 23.7 Å². The van der Waals surface area contributed by atoms with Crippen LogP contribution in [0.25, 0.3) is 11.8 Å². The van der Waals surface area contributed by atoms with Crippen LogP contribution >= 0.6 is 27.3 Å². The van der Waals surface area contributed by atoms with Crippen molar-refractivity contribution in [3.8, 4) is 17.2 Å². The van der Waals surface area contributed by atoms with Gasteiger partial charge in [0.2, 0.25) is 0 Å². The van der Waals surface area contributed by atoms with E-state index in [1.54, 1.807) is 57.4 Å². The molecular formula is C40H35BrN2O8S. The molecule has 0 radical (unpaired) electrons. The summed E-state index contributed by atoms with van der Waals surface area (Å²) in [6, 6.07) is 26.4. The van der Waals surface area contributed by atoms with Gasteiger partial charge >= 0.3 is 11.9 Å². The Labute approximate surface area is 312 Å². The van der Waals surface area contributed by atoms with Crippen LogP contribution in [0.1, 0.15) is 52.5 Å². The average Bonchev–Trinajstić information content (AvgIpc) is 3.47. The molecule has 2 heterocycles. The number of carbonyl (C=O) groups excluding carboxylic acids is 2. The van der Waals surface area contributed by atoms with Crippen molar-refractivity contribution in [2.24, 2.45) is 4.99 Å². The second kappa shape index (κ2) is 16.3. The highest BCUT2D eigenvalue weighted by atomic mass is 79.9. The zero-order valence-electron chi connectivity index (χ0n) is 28.9. The Hall–Kier alpha value is -5.46. The molecule has 6 rings (SSSR count). The Morgan fingerprint density at radius 2 is 1.54 bits per heavy atom. The lowest BCUT2D eigenvalue weighted by Gasteiger charge is -2.26. The van der Waals surface area contributed by atoms with Gasteiger partial charge in [0.15, 0.2) is 16.3 Å². The molecule has 10 nitrogen and oxygen atoms in total. The van der Waals surface area contributed by atoms with Crippen LogP contribution in [0.3, 0.4) is 0 Å². The monoisotopic (exact) mass is 782 g/mol. The van der Waals surface area contributed by atoms with Crippen molar-refractivity contribution in [1.82, 2.24) is 4.57 Å². The lowest BCUT2D eigenvalue weighted by atomic mass is 9.93. The van der Waals surface area contributed by atoms with Gasteiger partial charge in [-0.05, 0) is 88.9 Å². The molecule has 1 atom stereocenters. The number of carbonyl (C=O) groups is 2. The third-order valence-electron chi connectivity index (χ3n) is 8.21. The van der Waals surface area contributed by atoms with E-state index in [-0.39, 0.29) is 30.3 Å². The maximum atomic E-state index is 14.3. The summed E-state index contributed by atoms with van der Waals surface area (Å²) >= 11 is 4.84. The van der Waals surface area contributed by atoms with Crippen molar-refractivity contribution >= 4 is 51.0 Å². The first-order valence-corrected chi connectivity index (χ1v) is 18.1. The van der Waals surface area contributed by atoms with Gasteiger partial charge in [0.05, 0.1) is 59.3 Å². The second-order valence-corrected chi connectivity index (χ2v) is 13.3. The van der Waals surface area contributed by atoms with Crippen molar-refractivity contribution in [1.29, 1.82) is 0 Å². The predicted molar refractivity (Wildman–Crippen MR) is 201 cm³/mol. The van der Waals surface area contributed by atoms with Gasteiger partial charge in [0.25, 0.3) is 5.56 Å². The molecule has 0 saturated carbocycles. The average molecular weight is 784 g/mol. The number of thiazole rings is 1. The third kappa shape index (κ3) is 7.58. The van der Waals surface area contributed by atoms with Crippen LogP contribution in [0.15, 0.2) is 111 Å². The Morgan fingerprint density at radius 3 is 2.21 bits per heavy atom. The molecule has 1 aromatic heterocycles. The van der Waals surface area contributed by atoms with Crippen LogP contribution in [0.5, 0.6) is 17.2 Å². The van der Waals surface area contributed by atoms with Gasteiger partial charge in [0.1, 0.15) is 12.4 Å². The van der Waals surface area contributed by atoms with E-state index >= 15 is 0 Å². The van der Waals surface area contributed by atoms with Gasteiger partial charge in [-0.1, -0.05) is 65.9 Å². The number of fused-ring (bicyclic) bond motifs is 1. The molecule has 0 bridgehead atoms. The summed E-state index contributed by atoms with van der Waals surface area (Å²) in [5.74, 6) is 0.618. The summed E-state index contributed by atoms with van der Waals surface area (Å²) in [5, 5.41) is 0. The summed E-state index contributed by atoms with van der Waals surface area (Å²) in [7, 11) is 3.08. The molecule has 1 aliphatic heterocycles. The molecule has 0 spiro atoms. The van der Waals surface area contributed by atoms with E-state index in [9.17, 15) is 14.4 Å². The highest BCUT2D eigenvalue weighted by Gasteiger charge is 2.35. The summed E-state index contributed by atoms with van der Waals surface area (Å²) in [6.45, 7) is 4.24. The maximum absolute atomic E-state index is 14.3. The number of hydrogen-bond donors (Lipinski definition) is 0. The molecule has 0 N–H and O–H groups in total. The van der Waals surface area contributed by atoms with Gasteiger partial charge in [0, 0.05) is 5.56 Å². The van der Waals surface area contributed by atoms with E-state index in [4.69, 9.17) is 28.7 Å². The standard InChI is InChI=1S/C40H35BrN2O8S/c1-5-49-38(45)27-15-12-24(13-16-27)23-51-30-18-14-25(20-29(30)41)21-33-37(44)43-36(28-17-19-31(47-3)32(22-28)48-4)34(39(46)50-6-2)35(42-40(43)52-33)26-10-8-7-9-11-26/h7-22,36H,5-6,23H2,1-4H3/b33-21-/t36-/m1/s1. The zero-order chi connectivity index (χ0) is 36.8. The predicted octanol–water partition coefficient (Wildman–Crippen LogP) is 6.47. The second-order valence-electron chi connectivity index (χ2n) is 11.4. The smallest absolute Gasteiger partial charge is 0.338 e.